The number of hydrogen-bond donors (Lipinski definition) is 1. The van der Waals surface area contributed by atoms with E-state index in [2.05, 4.69) is 28.0 Å². The summed E-state index contributed by atoms with van der Waals surface area (Å²) in [6.07, 6.45) is 6.77. The van der Waals surface area contributed by atoms with Crippen LogP contribution in [-0.4, -0.2) is 57.8 Å². The van der Waals surface area contributed by atoms with Gasteiger partial charge in [0.1, 0.15) is 0 Å². The Morgan fingerprint density at radius 2 is 2.21 bits per heavy atom. The van der Waals surface area contributed by atoms with Crippen LogP contribution in [0.1, 0.15) is 31.4 Å². The predicted molar refractivity (Wildman–Crippen MR) is 75.8 cm³/mol. The molecule has 2 saturated heterocycles. The number of nitrogens with two attached hydrogens (primary N) is 1. The second kappa shape index (κ2) is 5.23. The van der Waals surface area contributed by atoms with Gasteiger partial charge in [0.2, 0.25) is 0 Å². The van der Waals surface area contributed by atoms with Crippen LogP contribution in [0.3, 0.4) is 0 Å². The molecule has 2 N–H and O–H groups in total. The molecule has 3 heterocycles. The Hall–Kier alpha value is -0.910. The van der Waals surface area contributed by atoms with Crippen LogP contribution in [0, 0.1) is 0 Å². The van der Waals surface area contributed by atoms with Crippen molar-refractivity contribution < 1.29 is 0 Å². The molecule has 0 radical (unpaired) electrons. The molecule has 2 fully saturated rings. The molecule has 0 aromatic carbocycles. The molecule has 5 nitrogen and oxygen atoms in total. The second-order valence-corrected chi connectivity index (χ2v) is 6.08. The summed E-state index contributed by atoms with van der Waals surface area (Å²) in [6.45, 7) is 6.86. The van der Waals surface area contributed by atoms with E-state index < -0.39 is 0 Å². The predicted octanol–water partition coefficient (Wildman–Crippen LogP) is 0.588. The fourth-order valence-electron chi connectivity index (χ4n) is 3.71. The molecule has 0 bridgehead atoms. The highest BCUT2D eigenvalue weighted by molar-refractivity contribution is 5.14. The average Bonchev–Trinajstić information content (AvgIpc) is 2.97. The molecule has 0 amide bonds. The molecule has 2 aliphatic heterocycles. The van der Waals surface area contributed by atoms with E-state index in [1.165, 1.54) is 31.5 Å². The zero-order chi connectivity index (χ0) is 13.4. The first-order chi connectivity index (χ1) is 9.15. The molecule has 3 atom stereocenters. The van der Waals surface area contributed by atoms with Crippen LogP contribution in [0.15, 0.2) is 12.4 Å². The number of fused-ring (bicyclic) bond motifs is 1. The van der Waals surface area contributed by atoms with Crippen molar-refractivity contribution in [2.24, 2.45) is 12.8 Å². The first kappa shape index (κ1) is 13.1. The van der Waals surface area contributed by atoms with Gasteiger partial charge in [-0.2, -0.15) is 5.10 Å². The number of piperazine rings is 1. The Bertz CT molecular complexity index is 427. The topological polar surface area (TPSA) is 50.3 Å². The van der Waals surface area contributed by atoms with Gasteiger partial charge in [0.25, 0.3) is 0 Å². The minimum atomic E-state index is 0.136. The summed E-state index contributed by atoms with van der Waals surface area (Å²) < 4.78 is 1.87. The van der Waals surface area contributed by atoms with Gasteiger partial charge in [-0.1, -0.05) is 0 Å². The van der Waals surface area contributed by atoms with Crippen LogP contribution in [-0.2, 0) is 7.05 Å². The standard InChI is InChI=1S/C14H25N5/c1-11(15)14(12-8-16-17(2)9-12)19-7-6-18-5-3-4-13(18)10-19/h8-9,11,13-14H,3-7,10,15H2,1-2H3. The Kier molecular flexibility index (Phi) is 3.60. The van der Waals surface area contributed by atoms with E-state index >= 15 is 0 Å². The van der Waals surface area contributed by atoms with Crippen LogP contribution in [0.4, 0.5) is 0 Å². The van der Waals surface area contributed by atoms with E-state index in [1.54, 1.807) is 0 Å². The van der Waals surface area contributed by atoms with Crippen molar-refractivity contribution in [3.63, 3.8) is 0 Å². The Balaban J connectivity index is 1.77. The first-order valence-electron chi connectivity index (χ1n) is 7.37. The summed E-state index contributed by atoms with van der Waals surface area (Å²) in [5.41, 5.74) is 7.51. The lowest BCUT2D eigenvalue weighted by atomic mass is 10.00. The summed E-state index contributed by atoms with van der Waals surface area (Å²) in [5, 5.41) is 4.31. The largest absolute Gasteiger partial charge is 0.326 e. The SMILES string of the molecule is CC(N)C(c1cnn(C)c1)N1CCN2CCCC2C1. The maximum absolute atomic E-state index is 6.25. The molecule has 5 heteroatoms. The van der Waals surface area contributed by atoms with Gasteiger partial charge in [-0.15, -0.1) is 0 Å². The minimum absolute atomic E-state index is 0.136. The van der Waals surface area contributed by atoms with Crippen molar-refractivity contribution in [1.82, 2.24) is 19.6 Å². The van der Waals surface area contributed by atoms with Crippen LogP contribution in [0.25, 0.3) is 0 Å². The fourth-order valence-corrected chi connectivity index (χ4v) is 3.71. The molecule has 0 saturated carbocycles. The monoisotopic (exact) mass is 263 g/mol. The van der Waals surface area contributed by atoms with Gasteiger partial charge >= 0.3 is 0 Å². The molecule has 3 unspecified atom stereocenters. The maximum Gasteiger partial charge on any atom is 0.0538 e. The number of hydrogen-bond acceptors (Lipinski definition) is 4. The number of nitrogens with zero attached hydrogens (tertiary/aromatic N) is 4. The lowest BCUT2D eigenvalue weighted by molar-refractivity contribution is 0.0635. The zero-order valence-corrected chi connectivity index (χ0v) is 12.0. The Labute approximate surface area is 115 Å². The van der Waals surface area contributed by atoms with E-state index in [4.69, 9.17) is 5.73 Å². The smallest absolute Gasteiger partial charge is 0.0538 e. The maximum atomic E-state index is 6.25. The summed E-state index contributed by atoms with van der Waals surface area (Å²) in [5.74, 6) is 0. The molecule has 3 rings (SSSR count). The van der Waals surface area contributed by atoms with Crippen LogP contribution >= 0.6 is 0 Å². The molecule has 19 heavy (non-hydrogen) atoms. The highest BCUT2D eigenvalue weighted by atomic mass is 15.3. The lowest BCUT2D eigenvalue weighted by Gasteiger charge is -2.42. The van der Waals surface area contributed by atoms with Gasteiger partial charge in [-0.05, 0) is 26.3 Å². The fraction of sp³-hybridized carbons (Fsp3) is 0.786. The van der Waals surface area contributed by atoms with Crippen molar-refractivity contribution in [3.8, 4) is 0 Å². The van der Waals surface area contributed by atoms with Crippen molar-refractivity contribution >= 4 is 0 Å². The van der Waals surface area contributed by atoms with Gasteiger partial charge in [0.05, 0.1) is 12.2 Å². The van der Waals surface area contributed by atoms with Crippen molar-refractivity contribution in [3.05, 3.63) is 18.0 Å². The van der Waals surface area contributed by atoms with Crippen molar-refractivity contribution in [2.75, 3.05) is 26.2 Å². The first-order valence-corrected chi connectivity index (χ1v) is 7.37. The number of aryl methyl sites for hydroxylation is 1. The van der Waals surface area contributed by atoms with Gasteiger partial charge in [-0.25, -0.2) is 0 Å². The molecular formula is C14H25N5. The summed E-state index contributed by atoms with van der Waals surface area (Å²) in [7, 11) is 1.97. The number of aromatic nitrogens is 2. The van der Waals surface area contributed by atoms with Gasteiger partial charge in [-0.3, -0.25) is 14.5 Å². The van der Waals surface area contributed by atoms with E-state index in [-0.39, 0.29) is 6.04 Å². The highest BCUT2D eigenvalue weighted by Gasteiger charge is 2.35. The number of rotatable bonds is 3. The molecular weight excluding hydrogens is 238 g/mol. The van der Waals surface area contributed by atoms with Gasteiger partial charge in [0, 0.05) is 50.5 Å². The van der Waals surface area contributed by atoms with E-state index in [0.717, 1.165) is 19.1 Å². The molecule has 106 valence electrons. The van der Waals surface area contributed by atoms with Crippen LogP contribution in [0.2, 0.25) is 0 Å². The highest BCUT2D eigenvalue weighted by Crippen LogP contribution is 2.29. The molecule has 0 aliphatic carbocycles. The third-order valence-corrected chi connectivity index (χ3v) is 4.58. The molecule has 1 aromatic rings. The van der Waals surface area contributed by atoms with E-state index in [9.17, 15) is 0 Å². The lowest BCUT2D eigenvalue weighted by Crippen LogP contribution is -2.53. The Morgan fingerprint density at radius 1 is 1.37 bits per heavy atom. The van der Waals surface area contributed by atoms with E-state index in [0.29, 0.717) is 6.04 Å². The third-order valence-electron chi connectivity index (χ3n) is 4.58. The van der Waals surface area contributed by atoms with E-state index in [1.807, 2.05) is 17.9 Å². The van der Waals surface area contributed by atoms with Gasteiger partial charge in [0.15, 0.2) is 0 Å². The molecule has 0 spiro atoms. The normalized spacial score (nSPS) is 28.3. The summed E-state index contributed by atoms with van der Waals surface area (Å²) >= 11 is 0. The quantitative estimate of drug-likeness (QED) is 0.867. The zero-order valence-electron chi connectivity index (χ0n) is 12.0. The third kappa shape index (κ3) is 2.55. The summed E-state index contributed by atoms with van der Waals surface area (Å²) in [4.78, 5) is 5.20. The van der Waals surface area contributed by atoms with Crippen molar-refractivity contribution in [1.29, 1.82) is 0 Å². The van der Waals surface area contributed by atoms with Crippen LogP contribution in [0.5, 0.6) is 0 Å². The Morgan fingerprint density at radius 3 is 2.89 bits per heavy atom. The molecule has 1 aromatic heterocycles. The second-order valence-electron chi connectivity index (χ2n) is 6.08. The minimum Gasteiger partial charge on any atom is -0.326 e. The molecule has 2 aliphatic rings. The average molecular weight is 263 g/mol. The summed E-state index contributed by atoms with van der Waals surface area (Å²) in [6, 6.07) is 1.18. The van der Waals surface area contributed by atoms with Gasteiger partial charge < -0.3 is 5.73 Å². The van der Waals surface area contributed by atoms with Crippen LogP contribution < -0.4 is 5.73 Å². The van der Waals surface area contributed by atoms with Crippen molar-refractivity contribution in [2.45, 2.75) is 37.9 Å².